The van der Waals surface area contributed by atoms with Crippen molar-refractivity contribution in [3.8, 4) is 5.75 Å². The molecule has 0 radical (unpaired) electrons. The lowest BCUT2D eigenvalue weighted by Gasteiger charge is -2.05. The van der Waals surface area contributed by atoms with E-state index >= 15 is 0 Å². The van der Waals surface area contributed by atoms with Gasteiger partial charge < -0.3 is 14.8 Å². The van der Waals surface area contributed by atoms with Gasteiger partial charge >= 0.3 is 0 Å². The molecule has 0 amide bonds. The van der Waals surface area contributed by atoms with Crippen LogP contribution in [0.5, 0.6) is 5.75 Å². The Labute approximate surface area is 94.6 Å². The van der Waals surface area contributed by atoms with Crippen molar-refractivity contribution in [2.45, 2.75) is 6.92 Å². The molecule has 0 aliphatic carbocycles. The van der Waals surface area contributed by atoms with Gasteiger partial charge in [0.25, 0.3) is 0 Å². The van der Waals surface area contributed by atoms with Crippen LogP contribution in [0.25, 0.3) is 0 Å². The number of hydrogen-bond donors (Lipinski definition) is 2. The molecule has 2 N–H and O–H groups in total. The van der Waals surface area contributed by atoms with Gasteiger partial charge in [0.1, 0.15) is 19.0 Å². The maximum Gasteiger partial charge on any atom is 0.131 e. The molecule has 0 spiro atoms. The van der Waals surface area contributed by atoms with E-state index in [-0.39, 0.29) is 0 Å². The first-order chi connectivity index (χ1) is 7.83. The molecule has 16 heavy (non-hydrogen) atoms. The summed E-state index contributed by atoms with van der Waals surface area (Å²) in [5.41, 5.74) is 2.71. The van der Waals surface area contributed by atoms with E-state index in [1.54, 1.807) is 0 Å². The molecule has 88 valence electrons. The standard InChI is InChI=1S/C11H16N2O3/c1-10(13-16-8-7-12-14)9-15-11-5-3-2-4-6-11/h2-6,12,14H,7-9H2,1H3/b13-10+. The second-order valence-corrected chi connectivity index (χ2v) is 3.17. The average Bonchev–Trinajstić information content (AvgIpc) is 2.33. The lowest BCUT2D eigenvalue weighted by molar-refractivity contribution is 0.0941. The van der Waals surface area contributed by atoms with Crippen molar-refractivity contribution in [1.82, 2.24) is 5.48 Å². The molecule has 0 atom stereocenters. The van der Waals surface area contributed by atoms with Crippen molar-refractivity contribution in [1.29, 1.82) is 0 Å². The highest BCUT2D eigenvalue weighted by atomic mass is 16.6. The number of rotatable bonds is 7. The van der Waals surface area contributed by atoms with Crippen LogP contribution in [0.4, 0.5) is 0 Å². The summed E-state index contributed by atoms with van der Waals surface area (Å²) in [4.78, 5) is 4.91. The van der Waals surface area contributed by atoms with Crippen LogP contribution in [-0.4, -0.2) is 30.7 Å². The highest BCUT2D eigenvalue weighted by Crippen LogP contribution is 2.07. The van der Waals surface area contributed by atoms with Gasteiger partial charge in [-0.15, -0.1) is 0 Å². The van der Waals surface area contributed by atoms with E-state index in [1.165, 1.54) is 0 Å². The Kier molecular flexibility index (Phi) is 5.98. The summed E-state index contributed by atoms with van der Waals surface area (Å²) in [6.45, 7) is 2.86. The van der Waals surface area contributed by atoms with E-state index in [0.717, 1.165) is 11.5 Å². The molecule has 0 aliphatic rings. The lowest BCUT2D eigenvalue weighted by Crippen LogP contribution is -2.14. The number of nitrogens with zero attached hydrogens (tertiary/aromatic N) is 1. The van der Waals surface area contributed by atoms with Crippen molar-refractivity contribution >= 4 is 5.71 Å². The van der Waals surface area contributed by atoms with Crippen LogP contribution in [0.15, 0.2) is 35.5 Å². The minimum Gasteiger partial charge on any atom is -0.488 e. The van der Waals surface area contributed by atoms with Crippen LogP contribution in [0.3, 0.4) is 0 Å². The highest BCUT2D eigenvalue weighted by molar-refractivity contribution is 5.82. The molecule has 1 aromatic rings. The molecular weight excluding hydrogens is 208 g/mol. The smallest absolute Gasteiger partial charge is 0.131 e. The second kappa shape index (κ2) is 7.67. The van der Waals surface area contributed by atoms with E-state index in [4.69, 9.17) is 14.8 Å². The van der Waals surface area contributed by atoms with E-state index in [9.17, 15) is 0 Å². The van der Waals surface area contributed by atoms with E-state index in [2.05, 4.69) is 5.16 Å². The zero-order valence-electron chi connectivity index (χ0n) is 9.22. The fraction of sp³-hybridized carbons (Fsp3) is 0.364. The van der Waals surface area contributed by atoms with Crippen molar-refractivity contribution in [3.05, 3.63) is 30.3 Å². The predicted molar refractivity (Wildman–Crippen MR) is 60.8 cm³/mol. The normalized spacial score (nSPS) is 11.2. The molecule has 5 nitrogen and oxygen atoms in total. The highest BCUT2D eigenvalue weighted by Gasteiger charge is 1.95. The summed E-state index contributed by atoms with van der Waals surface area (Å²) in [6, 6.07) is 9.50. The quantitative estimate of drug-likeness (QED) is 0.418. The predicted octanol–water partition coefficient (Wildman–Crippen LogP) is 1.44. The fourth-order valence-corrected chi connectivity index (χ4v) is 0.978. The first-order valence-electron chi connectivity index (χ1n) is 5.03. The minimum absolute atomic E-state index is 0.319. The Morgan fingerprint density at radius 1 is 1.38 bits per heavy atom. The van der Waals surface area contributed by atoms with Gasteiger partial charge in [0, 0.05) is 0 Å². The van der Waals surface area contributed by atoms with Crippen molar-refractivity contribution in [3.63, 3.8) is 0 Å². The molecule has 1 aromatic carbocycles. The first kappa shape index (κ1) is 12.5. The van der Waals surface area contributed by atoms with Crippen LogP contribution in [0.2, 0.25) is 0 Å². The lowest BCUT2D eigenvalue weighted by atomic mass is 10.3. The van der Waals surface area contributed by atoms with E-state index in [0.29, 0.717) is 19.8 Å². The van der Waals surface area contributed by atoms with Gasteiger partial charge in [0.05, 0.1) is 12.3 Å². The Morgan fingerprint density at radius 3 is 2.81 bits per heavy atom. The third-order valence-electron chi connectivity index (χ3n) is 1.72. The van der Waals surface area contributed by atoms with E-state index < -0.39 is 0 Å². The Hall–Kier alpha value is -1.59. The summed E-state index contributed by atoms with van der Waals surface area (Å²) in [5.74, 6) is 0.800. The Morgan fingerprint density at radius 2 is 2.12 bits per heavy atom. The summed E-state index contributed by atoms with van der Waals surface area (Å²) in [6.07, 6.45) is 0. The molecule has 0 unspecified atom stereocenters. The monoisotopic (exact) mass is 224 g/mol. The number of ether oxygens (including phenoxy) is 1. The molecule has 0 heterocycles. The van der Waals surface area contributed by atoms with Gasteiger partial charge in [-0.2, -0.15) is 0 Å². The SMILES string of the molecule is C/C(COc1ccccc1)=N\OCCNO. The topological polar surface area (TPSA) is 63.1 Å². The maximum absolute atomic E-state index is 8.28. The zero-order valence-corrected chi connectivity index (χ0v) is 9.22. The van der Waals surface area contributed by atoms with Crippen LogP contribution in [0.1, 0.15) is 6.92 Å². The van der Waals surface area contributed by atoms with Gasteiger partial charge in [-0.3, -0.25) is 0 Å². The van der Waals surface area contributed by atoms with E-state index in [1.807, 2.05) is 42.7 Å². The first-order valence-corrected chi connectivity index (χ1v) is 5.03. The Bertz CT molecular complexity index is 314. The number of benzene rings is 1. The van der Waals surface area contributed by atoms with Crippen molar-refractivity contribution in [2.24, 2.45) is 5.16 Å². The number of para-hydroxylation sites is 1. The van der Waals surface area contributed by atoms with Gasteiger partial charge in [0.15, 0.2) is 0 Å². The van der Waals surface area contributed by atoms with Crippen LogP contribution in [-0.2, 0) is 4.84 Å². The van der Waals surface area contributed by atoms with Gasteiger partial charge in [-0.05, 0) is 19.1 Å². The zero-order chi connectivity index (χ0) is 11.6. The van der Waals surface area contributed by atoms with Crippen LogP contribution < -0.4 is 10.2 Å². The molecule has 0 bridgehead atoms. The fourth-order valence-electron chi connectivity index (χ4n) is 0.978. The molecule has 0 saturated heterocycles. The minimum atomic E-state index is 0.319. The molecule has 1 rings (SSSR count). The Balaban J connectivity index is 2.21. The summed E-state index contributed by atoms with van der Waals surface area (Å²) in [5, 5.41) is 12.1. The molecular formula is C11H16N2O3. The van der Waals surface area contributed by atoms with Gasteiger partial charge in [-0.25, -0.2) is 5.48 Å². The number of hydroxylamine groups is 1. The molecule has 0 aliphatic heterocycles. The van der Waals surface area contributed by atoms with Gasteiger partial charge in [0.2, 0.25) is 0 Å². The molecule has 5 heteroatoms. The third kappa shape index (κ3) is 5.33. The summed E-state index contributed by atoms with van der Waals surface area (Å²) >= 11 is 0. The number of nitrogens with one attached hydrogen (secondary N) is 1. The third-order valence-corrected chi connectivity index (χ3v) is 1.72. The van der Waals surface area contributed by atoms with Crippen LogP contribution >= 0.6 is 0 Å². The molecule has 0 aromatic heterocycles. The van der Waals surface area contributed by atoms with Crippen molar-refractivity contribution < 1.29 is 14.8 Å². The molecule has 0 saturated carbocycles. The molecule has 0 fully saturated rings. The average molecular weight is 224 g/mol. The maximum atomic E-state index is 8.28. The second-order valence-electron chi connectivity index (χ2n) is 3.17. The number of hydrogen-bond acceptors (Lipinski definition) is 5. The van der Waals surface area contributed by atoms with Gasteiger partial charge in [-0.1, -0.05) is 23.4 Å². The number of oxime groups is 1. The summed E-state index contributed by atoms with van der Waals surface area (Å²) < 4.78 is 5.45. The van der Waals surface area contributed by atoms with Crippen molar-refractivity contribution in [2.75, 3.05) is 19.8 Å². The van der Waals surface area contributed by atoms with Crippen LogP contribution in [0, 0.1) is 0 Å². The summed E-state index contributed by atoms with van der Waals surface area (Å²) in [7, 11) is 0. The largest absolute Gasteiger partial charge is 0.488 e.